The third-order valence-corrected chi connectivity index (χ3v) is 5.70. The van der Waals surface area contributed by atoms with Crippen LogP contribution < -0.4 is 10.0 Å². The molecule has 2 N–H and O–H groups in total. The van der Waals surface area contributed by atoms with Crippen LogP contribution in [-0.4, -0.2) is 26.5 Å². The zero-order chi connectivity index (χ0) is 14.2. The first-order chi connectivity index (χ1) is 9.57. The van der Waals surface area contributed by atoms with Gasteiger partial charge in [-0.1, -0.05) is 0 Å². The number of nitrogens with zero attached hydrogens (tertiary/aromatic N) is 1. The van der Waals surface area contributed by atoms with Gasteiger partial charge in [0.05, 0.1) is 5.69 Å². The second kappa shape index (κ2) is 5.00. The van der Waals surface area contributed by atoms with Crippen molar-refractivity contribution in [2.24, 2.45) is 11.3 Å². The topological polar surface area (TPSA) is 71.1 Å². The third kappa shape index (κ3) is 2.67. The molecule has 1 aromatic rings. The van der Waals surface area contributed by atoms with Crippen LogP contribution in [0.5, 0.6) is 0 Å². The Balaban J connectivity index is 1.74. The summed E-state index contributed by atoms with van der Waals surface area (Å²) < 4.78 is 27.6. The van der Waals surface area contributed by atoms with Gasteiger partial charge >= 0.3 is 0 Å². The van der Waals surface area contributed by atoms with Crippen LogP contribution >= 0.6 is 0 Å². The zero-order valence-corrected chi connectivity index (χ0v) is 12.5. The normalized spacial score (nSPS) is 20.6. The lowest BCUT2D eigenvalue weighted by atomic mass is 10.0. The van der Waals surface area contributed by atoms with E-state index in [9.17, 15) is 8.42 Å². The molecule has 0 unspecified atom stereocenters. The molecule has 0 aromatic carbocycles. The molecular weight excluding hydrogens is 274 g/mol. The molecular formula is C14H21N3O2S. The molecule has 20 heavy (non-hydrogen) atoms. The van der Waals surface area contributed by atoms with Crippen LogP contribution in [-0.2, 0) is 10.0 Å². The van der Waals surface area contributed by atoms with Gasteiger partial charge in [-0.25, -0.2) is 18.1 Å². The highest BCUT2D eigenvalue weighted by Gasteiger charge is 2.53. The quantitative estimate of drug-likeness (QED) is 0.807. The van der Waals surface area contributed by atoms with Crippen molar-refractivity contribution in [2.75, 3.05) is 18.4 Å². The summed E-state index contributed by atoms with van der Waals surface area (Å²) in [6.07, 6.45) is 6.34. The lowest BCUT2D eigenvalue weighted by molar-refractivity contribution is 0.431. The summed E-state index contributed by atoms with van der Waals surface area (Å²) in [5, 5.41) is 3.15. The summed E-state index contributed by atoms with van der Waals surface area (Å²) in [5.41, 5.74) is 0.819. The van der Waals surface area contributed by atoms with E-state index in [0.29, 0.717) is 18.8 Å². The van der Waals surface area contributed by atoms with Crippen molar-refractivity contribution < 1.29 is 8.42 Å². The minimum Gasteiger partial charge on any atom is -0.383 e. The predicted molar refractivity (Wildman–Crippen MR) is 78.0 cm³/mol. The Hall–Kier alpha value is -1.14. The highest BCUT2D eigenvalue weighted by molar-refractivity contribution is 7.89. The number of hydrogen-bond acceptors (Lipinski definition) is 4. The Kier molecular flexibility index (Phi) is 3.46. The zero-order valence-electron chi connectivity index (χ0n) is 11.7. The van der Waals surface area contributed by atoms with Gasteiger partial charge in [-0.05, 0) is 56.1 Å². The molecule has 6 heteroatoms. The second-order valence-electron chi connectivity index (χ2n) is 5.85. The first-order valence-corrected chi connectivity index (χ1v) is 8.74. The van der Waals surface area contributed by atoms with Crippen molar-refractivity contribution >= 4 is 15.7 Å². The summed E-state index contributed by atoms with van der Waals surface area (Å²) in [7, 11) is -3.54. The second-order valence-corrected chi connectivity index (χ2v) is 7.53. The van der Waals surface area contributed by atoms with Gasteiger partial charge in [0.1, 0.15) is 0 Å². The molecule has 0 aliphatic heterocycles. The Morgan fingerprint density at radius 2 is 2.15 bits per heavy atom. The SMILES string of the molecule is CCNc1cccnc1S(=O)(=O)NCC1(C2CC2)CC1. The maximum atomic E-state index is 12.4. The fourth-order valence-electron chi connectivity index (χ4n) is 2.82. The van der Waals surface area contributed by atoms with Gasteiger partial charge in [0.15, 0.2) is 5.03 Å². The maximum Gasteiger partial charge on any atom is 0.260 e. The molecule has 3 rings (SSSR count). The molecule has 110 valence electrons. The van der Waals surface area contributed by atoms with E-state index < -0.39 is 10.0 Å². The van der Waals surface area contributed by atoms with Crippen LogP contribution in [0.4, 0.5) is 5.69 Å². The Labute approximate surface area is 120 Å². The molecule has 0 bridgehead atoms. The van der Waals surface area contributed by atoms with Crippen LogP contribution in [0.1, 0.15) is 32.6 Å². The Morgan fingerprint density at radius 1 is 1.40 bits per heavy atom. The summed E-state index contributed by atoms with van der Waals surface area (Å²) >= 11 is 0. The molecule has 0 amide bonds. The minimum atomic E-state index is -3.54. The monoisotopic (exact) mass is 295 g/mol. The number of nitrogens with one attached hydrogen (secondary N) is 2. The van der Waals surface area contributed by atoms with E-state index in [-0.39, 0.29) is 10.4 Å². The van der Waals surface area contributed by atoms with Crippen LogP contribution in [0.2, 0.25) is 0 Å². The molecule has 1 aromatic heterocycles. The Bertz CT molecular complexity index is 592. The van der Waals surface area contributed by atoms with E-state index >= 15 is 0 Å². The molecule has 2 fully saturated rings. The fourth-order valence-corrected chi connectivity index (χ4v) is 4.07. The average Bonchev–Trinajstić information content (AvgIpc) is 3.29. The highest BCUT2D eigenvalue weighted by atomic mass is 32.2. The molecule has 2 aliphatic carbocycles. The average molecular weight is 295 g/mol. The molecule has 2 aliphatic rings. The van der Waals surface area contributed by atoms with E-state index in [0.717, 1.165) is 18.8 Å². The van der Waals surface area contributed by atoms with Gasteiger partial charge < -0.3 is 5.32 Å². The van der Waals surface area contributed by atoms with Gasteiger partial charge in [-0.2, -0.15) is 0 Å². The van der Waals surface area contributed by atoms with Crippen molar-refractivity contribution in [3.63, 3.8) is 0 Å². The van der Waals surface area contributed by atoms with E-state index in [1.165, 1.54) is 19.0 Å². The lowest BCUT2D eigenvalue weighted by Crippen LogP contribution is -2.32. The largest absolute Gasteiger partial charge is 0.383 e. The summed E-state index contributed by atoms with van der Waals surface area (Å²) in [6, 6.07) is 3.49. The van der Waals surface area contributed by atoms with Crippen molar-refractivity contribution in [2.45, 2.75) is 37.6 Å². The molecule has 0 atom stereocenters. The van der Waals surface area contributed by atoms with Gasteiger partial charge in [-0.3, -0.25) is 0 Å². The van der Waals surface area contributed by atoms with E-state index in [1.807, 2.05) is 6.92 Å². The predicted octanol–water partition coefficient (Wildman–Crippen LogP) is 1.98. The molecule has 0 spiro atoms. The van der Waals surface area contributed by atoms with Crippen LogP contribution in [0.25, 0.3) is 0 Å². The number of anilines is 1. The van der Waals surface area contributed by atoms with Crippen molar-refractivity contribution in [1.82, 2.24) is 9.71 Å². The molecule has 5 nitrogen and oxygen atoms in total. The van der Waals surface area contributed by atoms with E-state index in [1.54, 1.807) is 12.1 Å². The maximum absolute atomic E-state index is 12.4. The smallest absolute Gasteiger partial charge is 0.260 e. The summed E-state index contributed by atoms with van der Waals surface area (Å²) in [6.45, 7) is 3.16. The highest BCUT2D eigenvalue weighted by Crippen LogP contribution is 2.60. The summed E-state index contributed by atoms with van der Waals surface area (Å²) in [5.74, 6) is 0.738. The standard InChI is InChI=1S/C14H21N3O2S/c1-2-15-12-4-3-9-16-13(12)20(18,19)17-10-14(7-8-14)11-5-6-11/h3-4,9,11,15,17H,2,5-8,10H2,1H3. The van der Waals surface area contributed by atoms with Crippen LogP contribution in [0.15, 0.2) is 23.4 Å². The van der Waals surface area contributed by atoms with Gasteiger partial charge in [0, 0.05) is 19.3 Å². The van der Waals surface area contributed by atoms with E-state index in [4.69, 9.17) is 0 Å². The van der Waals surface area contributed by atoms with Crippen molar-refractivity contribution in [1.29, 1.82) is 0 Å². The number of pyridine rings is 1. The Morgan fingerprint density at radius 3 is 2.75 bits per heavy atom. The number of hydrogen-bond donors (Lipinski definition) is 2. The fraction of sp³-hybridized carbons (Fsp3) is 0.643. The first-order valence-electron chi connectivity index (χ1n) is 7.26. The molecule has 1 heterocycles. The van der Waals surface area contributed by atoms with Crippen LogP contribution in [0, 0.1) is 11.3 Å². The summed E-state index contributed by atoms with van der Waals surface area (Å²) in [4.78, 5) is 4.04. The van der Waals surface area contributed by atoms with Gasteiger partial charge in [0.25, 0.3) is 10.0 Å². The molecule has 0 radical (unpaired) electrons. The van der Waals surface area contributed by atoms with Crippen LogP contribution in [0.3, 0.4) is 0 Å². The number of rotatable bonds is 7. The number of aromatic nitrogens is 1. The van der Waals surface area contributed by atoms with Gasteiger partial charge in [0.2, 0.25) is 0 Å². The lowest BCUT2D eigenvalue weighted by Gasteiger charge is -2.16. The molecule has 2 saturated carbocycles. The molecule has 0 saturated heterocycles. The van der Waals surface area contributed by atoms with Crippen molar-refractivity contribution in [3.05, 3.63) is 18.3 Å². The minimum absolute atomic E-state index is 0.105. The first kappa shape index (κ1) is 13.8. The van der Waals surface area contributed by atoms with E-state index in [2.05, 4.69) is 15.0 Å². The van der Waals surface area contributed by atoms with Gasteiger partial charge in [-0.15, -0.1) is 0 Å². The third-order valence-electron chi connectivity index (χ3n) is 4.34. The number of sulfonamides is 1. The van der Waals surface area contributed by atoms with Crippen molar-refractivity contribution in [3.8, 4) is 0 Å².